The summed E-state index contributed by atoms with van der Waals surface area (Å²) in [4.78, 5) is 25.3. The van der Waals surface area contributed by atoms with E-state index >= 15 is 0 Å². The minimum Gasteiger partial charge on any atom is -0.414 e. The van der Waals surface area contributed by atoms with E-state index in [4.69, 9.17) is 22.7 Å². The van der Waals surface area contributed by atoms with Crippen LogP contribution >= 0.6 is 0 Å². The van der Waals surface area contributed by atoms with Crippen molar-refractivity contribution in [3.8, 4) is 11.5 Å². The standard InChI is InChI=1S/C32H57N5O5Si3/c1-20(2)17-33-31-35-28-26(29(38)36-31)34-19-37(28)30-32(11,15-16-43(12,13)14)27-25(40-30)18-39-44(21(3)4,22(5)6)42-45(41-27,23(7)8)24(9)10/h19-25,27,30H,17-18H2,1-14H3,(H2,33,35,36,38)/t25-,27-,30-,32?/m1/s1. The molecule has 0 saturated carbocycles. The van der Waals surface area contributed by atoms with Gasteiger partial charge in [-0.05, 0) is 35.0 Å². The van der Waals surface area contributed by atoms with Gasteiger partial charge in [-0.3, -0.25) is 14.3 Å². The summed E-state index contributed by atoms with van der Waals surface area (Å²) < 4.78 is 31.0. The smallest absolute Gasteiger partial charge is 0.335 e. The molecule has 2 aliphatic heterocycles. The van der Waals surface area contributed by atoms with Crippen molar-refractivity contribution in [2.75, 3.05) is 18.5 Å². The van der Waals surface area contributed by atoms with Crippen molar-refractivity contribution < 1.29 is 17.7 Å². The minimum atomic E-state index is -2.94. The first-order valence-corrected chi connectivity index (χ1v) is 24.1. The van der Waals surface area contributed by atoms with Crippen LogP contribution in [0.15, 0.2) is 11.1 Å². The van der Waals surface area contributed by atoms with Gasteiger partial charge in [0.1, 0.15) is 19.6 Å². The molecule has 0 aliphatic carbocycles. The zero-order valence-corrected chi connectivity index (χ0v) is 33.0. The highest BCUT2D eigenvalue weighted by Crippen LogP contribution is 2.53. The fourth-order valence-electron chi connectivity index (χ4n) is 6.65. The number of H-pyrrole nitrogens is 1. The third-order valence-corrected chi connectivity index (χ3v) is 20.2. The summed E-state index contributed by atoms with van der Waals surface area (Å²) in [5, 5.41) is 3.26. The maximum Gasteiger partial charge on any atom is 0.335 e. The quantitative estimate of drug-likeness (QED) is 0.229. The fraction of sp³-hybridized carbons (Fsp3) is 0.781. The van der Waals surface area contributed by atoms with Gasteiger partial charge in [-0.2, -0.15) is 4.98 Å². The van der Waals surface area contributed by atoms with E-state index in [9.17, 15) is 4.79 Å². The lowest BCUT2D eigenvalue weighted by molar-refractivity contribution is -0.0556. The normalized spacial score (nSPS) is 26.8. The molecule has 2 saturated heterocycles. The molecule has 0 bridgehead atoms. The van der Waals surface area contributed by atoms with E-state index in [0.29, 0.717) is 30.7 Å². The largest absolute Gasteiger partial charge is 0.414 e. The Labute approximate surface area is 273 Å². The lowest BCUT2D eigenvalue weighted by atomic mass is 9.83. The van der Waals surface area contributed by atoms with Gasteiger partial charge in [0.2, 0.25) is 5.95 Å². The van der Waals surface area contributed by atoms with E-state index < -0.39 is 49.0 Å². The Kier molecular flexibility index (Phi) is 10.4. The lowest BCUT2D eigenvalue weighted by Gasteiger charge is -2.52. The Morgan fingerprint density at radius 3 is 2.18 bits per heavy atom. The summed E-state index contributed by atoms with van der Waals surface area (Å²) in [5.74, 6) is 4.49. The van der Waals surface area contributed by atoms with Gasteiger partial charge in [-0.1, -0.05) is 94.8 Å². The second-order valence-electron chi connectivity index (χ2n) is 15.8. The molecule has 1 unspecified atom stereocenters. The van der Waals surface area contributed by atoms with Gasteiger partial charge in [0.05, 0.1) is 19.0 Å². The Morgan fingerprint density at radius 1 is 1.04 bits per heavy atom. The van der Waals surface area contributed by atoms with Crippen LogP contribution in [0.4, 0.5) is 5.95 Å². The third-order valence-electron chi connectivity index (χ3n) is 9.14. The van der Waals surface area contributed by atoms with Crippen LogP contribution in [0.1, 0.15) is 82.4 Å². The summed E-state index contributed by atoms with van der Waals surface area (Å²) >= 11 is 0. The Bertz CT molecular complexity index is 1460. The summed E-state index contributed by atoms with van der Waals surface area (Å²) in [7, 11) is -7.51. The van der Waals surface area contributed by atoms with Crippen molar-refractivity contribution in [3.63, 3.8) is 0 Å². The Hall–Kier alpha value is -1.80. The summed E-state index contributed by atoms with van der Waals surface area (Å²) in [6, 6.07) is 0. The molecule has 10 nitrogen and oxygen atoms in total. The number of anilines is 1. The molecule has 4 atom stereocenters. The van der Waals surface area contributed by atoms with Crippen molar-refractivity contribution in [3.05, 3.63) is 16.7 Å². The van der Waals surface area contributed by atoms with E-state index in [1.165, 1.54) is 0 Å². The molecule has 2 N–H and O–H groups in total. The van der Waals surface area contributed by atoms with Gasteiger partial charge >= 0.3 is 17.1 Å². The van der Waals surface area contributed by atoms with Crippen LogP contribution in [0.2, 0.25) is 41.8 Å². The highest BCUT2D eigenvalue weighted by atomic mass is 28.5. The number of imidazole rings is 1. The van der Waals surface area contributed by atoms with Crippen LogP contribution in [0.3, 0.4) is 0 Å². The Balaban J connectivity index is 1.94. The van der Waals surface area contributed by atoms with Gasteiger partial charge in [0.15, 0.2) is 17.4 Å². The number of aromatic amines is 1. The second-order valence-corrected chi connectivity index (χ2v) is 29.4. The molecule has 0 amide bonds. The topological polar surface area (TPSA) is 113 Å². The molecule has 2 aliphatic rings. The van der Waals surface area contributed by atoms with Crippen LogP contribution < -0.4 is 10.9 Å². The molecule has 0 radical (unpaired) electrons. The van der Waals surface area contributed by atoms with Crippen LogP contribution in [0.5, 0.6) is 0 Å². The second kappa shape index (κ2) is 13.0. The van der Waals surface area contributed by atoms with Crippen LogP contribution in [0.25, 0.3) is 11.2 Å². The van der Waals surface area contributed by atoms with E-state index in [-0.39, 0.29) is 33.2 Å². The van der Waals surface area contributed by atoms with Crippen molar-refractivity contribution >= 4 is 42.3 Å². The van der Waals surface area contributed by atoms with Gasteiger partial charge in [-0.15, -0.1) is 5.54 Å². The van der Waals surface area contributed by atoms with E-state index in [2.05, 4.69) is 123 Å². The maximum absolute atomic E-state index is 13.1. The first-order chi connectivity index (χ1) is 20.8. The van der Waals surface area contributed by atoms with Crippen molar-refractivity contribution in [1.82, 2.24) is 19.5 Å². The number of ether oxygens (including phenoxy) is 1. The summed E-state index contributed by atoms with van der Waals surface area (Å²) in [6.45, 7) is 31.9. The molecule has 0 aromatic carbocycles. The predicted molar refractivity (Wildman–Crippen MR) is 188 cm³/mol. The number of aromatic nitrogens is 4. The molecule has 252 valence electrons. The molecule has 2 aromatic rings. The zero-order valence-electron chi connectivity index (χ0n) is 30.0. The molecule has 13 heteroatoms. The number of fused-ring (bicyclic) bond motifs is 2. The lowest BCUT2D eigenvalue weighted by Crippen LogP contribution is -2.66. The molecule has 0 spiro atoms. The van der Waals surface area contributed by atoms with Crippen LogP contribution in [-0.4, -0.2) is 70.1 Å². The van der Waals surface area contributed by atoms with E-state index in [1.807, 2.05) is 4.57 Å². The molecule has 2 aromatic heterocycles. The summed E-state index contributed by atoms with van der Waals surface area (Å²) in [6.07, 6.45) is 0.222. The summed E-state index contributed by atoms with van der Waals surface area (Å²) in [5.41, 5.74) is 4.04. The van der Waals surface area contributed by atoms with Crippen molar-refractivity contribution in [1.29, 1.82) is 0 Å². The van der Waals surface area contributed by atoms with Crippen LogP contribution in [0, 0.1) is 22.8 Å². The average molecular weight is 676 g/mol. The van der Waals surface area contributed by atoms with Gasteiger partial charge in [0.25, 0.3) is 5.56 Å². The number of rotatable bonds is 8. The predicted octanol–water partition coefficient (Wildman–Crippen LogP) is 6.93. The number of hydrogen-bond acceptors (Lipinski definition) is 8. The van der Waals surface area contributed by atoms with Gasteiger partial charge < -0.3 is 23.0 Å². The first kappa shape index (κ1) is 36.0. The fourth-order valence-corrected chi connectivity index (χ4v) is 18.6. The molecule has 45 heavy (non-hydrogen) atoms. The van der Waals surface area contributed by atoms with Crippen molar-refractivity contribution in [2.45, 2.75) is 136 Å². The first-order valence-electron chi connectivity index (χ1n) is 16.7. The molecule has 4 rings (SSSR count). The molecule has 2 fully saturated rings. The van der Waals surface area contributed by atoms with E-state index in [1.54, 1.807) is 6.33 Å². The van der Waals surface area contributed by atoms with E-state index in [0.717, 1.165) is 0 Å². The maximum atomic E-state index is 13.1. The van der Waals surface area contributed by atoms with Crippen molar-refractivity contribution in [2.24, 2.45) is 11.3 Å². The van der Waals surface area contributed by atoms with Gasteiger partial charge in [0, 0.05) is 6.54 Å². The average Bonchev–Trinajstić information content (AvgIpc) is 3.44. The molecular formula is C32H57N5O5Si3. The van der Waals surface area contributed by atoms with Crippen LogP contribution in [-0.2, 0) is 17.7 Å². The Morgan fingerprint density at radius 2 is 1.64 bits per heavy atom. The SMILES string of the molecule is CC(C)CNc1nc2c(ncn2[C@@H]2O[C@@H]3CO[Si](C(C)C)(C(C)C)O[Si](C(C)C)(C(C)C)O[C@H]3C2(C)C#C[Si](C)(C)C)c(=O)[nH]1. The van der Waals surface area contributed by atoms with Gasteiger partial charge in [-0.25, -0.2) is 4.98 Å². The third kappa shape index (κ3) is 6.79. The number of nitrogens with zero attached hydrogens (tertiary/aromatic N) is 3. The number of hydrogen-bond donors (Lipinski definition) is 2. The zero-order chi connectivity index (χ0) is 33.7. The molecule has 4 heterocycles. The highest BCUT2D eigenvalue weighted by molar-refractivity contribution is 6.84. The monoisotopic (exact) mass is 675 g/mol. The minimum absolute atomic E-state index is 0.168. The molecular weight excluding hydrogens is 619 g/mol. The number of nitrogens with one attached hydrogen (secondary N) is 2. The highest BCUT2D eigenvalue weighted by Gasteiger charge is 2.64.